The SMILES string of the molecule is CCc1nn(C)c(CN2CCOC(CC(=O)O)C2)c1Br. The molecule has 1 aliphatic heterocycles. The molecule has 1 unspecified atom stereocenters. The fourth-order valence-corrected chi connectivity index (χ4v) is 3.19. The summed E-state index contributed by atoms with van der Waals surface area (Å²) < 4.78 is 8.44. The van der Waals surface area contributed by atoms with Crippen molar-refractivity contribution >= 4 is 21.9 Å². The van der Waals surface area contributed by atoms with Gasteiger partial charge in [0.25, 0.3) is 0 Å². The molecule has 2 heterocycles. The molecule has 0 aliphatic carbocycles. The quantitative estimate of drug-likeness (QED) is 0.874. The van der Waals surface area contributed by atoms with E-state index in [0.717, 1.165) is 35.4 Å². The summed E-state index contributed by atoms with van der Waals surface area (Å²) in [4.78, 5) is 13.0. The molecule has 0 radical (unpaired) electrons. The van der Waals surface area contributed by atoms with Crippen molar-refractivity contribution in [3.05, 3.63) is 15.9 Å². The maximum atomic E-state index is 10.8. The van der Waals surface area contributed by atoms with E-state index in [2.05, 4.69) is 32.9 Å². The highest BCUT2D eigenvalue weighted by atomic mass is 79.9. The lowest BCUT2D eigenvalue weighted by molar-refractivity contribution is -0.142. The van der Waals surface area contributed by atoms with Crippen molar-refractivity contribution in [2.24, 2.45) is 7.05 Å². The largest absolute Gasteiger partial charge is 0.481 e. The molecule has 1 N–H and O–H groups in total. The Bertz CT molecular complexity index is 489. The average Bonchev–Trinajstić information content (AvgIpc) is 2.66. The summed E-state index contributed by atoms with van der Waals surface area (Å²) in [5.74, 6) is -0.813. The lowest BCUT2D eigenvalue weighted by atomic mass is 10.2. The number of rotatable bonds is 5. The monoisotopic (exact) mass is 345 g/mol. The Morgan fingerprint density at radius 1 is 1.60 bits per heavy atom. The highest BCUT2D eigenvalue weighted by Gasteiger charge is 2.24. The predicted octanol–water partition coefficient (Wildman–Crippen LogP) is 1.42. The van der Waals surface area contributed by atoms with Crippen LogP contribution in [-0.2, 0) is 29.5 Å². The highest BCUT2D eigenvalue weighted by molar-refractivity contribution is 9.10. The van der Waals surface area contributed by atoms with E-state index in [1.807, 2.05) is 11.7 Å². The van der Waals surface area contributed by atoms with Crippen LogP contribution in [0.4, 0.5) is 0 Å². The molecule has 2 rings (SSSR count). The number of halogens is 1. The van der Waals surface area contributed by atoms with Gasteiger partial charge in [-0.15, -0.1) is 0 Å². The van der Waals surface area contributed by atoms with Gasteiger partial charge in [-0.1, -0.05) is 6.92 Å². The minimum Gasteiger partial charge on any atom is -0.481 e. The number of aliphatic carboxylic acids is 1. The molecule has 7 heteroatoms. The Balaban J connectivity index is 2.02. The van der Waals surface area contributed by atoms with E-state index in [4.69, 9.17) is 9.84 Å². The van der Waals surface area contributed by atoms with Crippen molar-refractivity contribution < 1.29 is 14.6 Å². The second-order valence-corrected chi connectivity index (χ2v) is 5.80. The fourth-order valence-electron chi connectivity index (χ4n) is 2.45. The third-order valence-corrected chi connectivity index (χ3v) is 4.42. The van der Waals surface area contributed by atoms with E-state index in [9.17, 15) is 4.79 Å². The fraction of sp³-hybridized carbons (Fsp3) is 0.692. The third kappa shape index (κ3) is 3.59. The van der Waals surface area contributed by atoms with Gasteiger partial charge < -0.3 is 9.84 Å². The number of morpholine rings is 1. The summed E-state index contributed by atoms with van der Waals surface area (Å²) >= 11 is 3.61. The van der Waals surface area contributed by atoms with Crippen LogP contribution in [0.2, 0.25) is 0 Å². The van der Waals surface area contributed by atoms with Gasteiger partial charge in [0.1, 0.15) is 0 Å². The van der Waals surface area contributed by atoms with Gasteiger partial charge in [-0.05, 0) is 22.4 Å². The normalized spacial score (nSPS) is 20.2. The average molecular weight is 346 g/mol. The van der Waals surface area contributed by atoms with Gasteiger partial charge in [0.2, 0.25) is 0 Å². The smallest absolute Gasteiger partial charge is 0.306 e. The summed E-state index contributed by atoms with van der Waals surface area (Å²) in [6.45, 7) is 4.87. The summed E-state index contributed by atoms with van der Waals surface area (Å²) in [7, 11) is 1.94. The summed E-state index contributed by atoms with van der Waals surface area (Å²) in [6, 6.07) is 0. The Morgan fingerprint density at radius 2 is 2.35 bits per heavy atom. The zero-order valence-corrected chi connectivity index (χ0v) is 13.4. The molecule has 1 aromatic rings. The van der Waals surface area contributed by atoms with E-state index >= 15 is 0 Å². The Morgan fingerprint density at radius 3 is 2.95 bits per heavy atom. The minimum absolute atomic E-state index is 0.0588. The molecule has 0 amide bonds. The zero-order chi connectivity index (χ0) is 14.7. The predicted molar refractivity (Wildman–Crippen MR) is 77.6 cm³/mol. The van der Waals surface area contributed by atoms with Crippen LogP contribution in [0.1, 0.15) is 24.7 Å². The second-order valence-electron chi connectivity index (χ2n) is 5.01. The Labute approximate surface area is 126 Å². The van der Waals surface area contributed by atoms with Crippen LogP contribution in [0.25, 0.3) is 0 Å². The number of nitrogens with zero attached hydrogens (tertiary/aromatic N) is 3. The van der Waals surface area contributed by atoms with Gasteiger partial charge in [-0.25, -0.2) is 0 Å². The molecule has 1 aliphatic rings. The molecule has 0 spiro atoms. The van der Waals surface area contributed by atoms with Crippen molar-refractivity contribution in [1.29, 1.82) is 0 Å². The lowest BCUT2D eigenvalue weighted by Gasteiger charge is -2.32. The number of carboxylic acids is 1. The Kier molecular flexibility index (Phi) is 5.17. The van der Waals surface area contributed by atoms with Crippen LogP contribution in [0, 0.1) is 0 Å². The Hall–Kier alpha value is -0.920. The van der Waals surface area contributed by atoms with E-state index in [-0.39, 0.29) is 12.5 Å². The van der Waals surface area contributed by atoms with Crippen molar-refractivity contribution in [3.63, 3.8) is 0 Å². The maximum absolute atomic E-state index is 10.8. The van der Waals surface area contributed by atoms with Gasteiger partial charge in [-0.3, -0.25) is 14.4 Å². The van der Waals surface area contributed by atoms with Crippen molar-refractivity contribution in [2.75, 3.05) is 19.7 Å². The zero-order valence-electron chi connectivity index (χ0n) is 11.8. The van der Waals surface area contributed by atoms with Gasteiger partial charge in [0, 0.05) is 26.7 Å². The van der Waals surface area contributed by atoms with E-state index < -0.39 is 5.97 Å². The first-order valence-electron chi connectivity index (χ1n) is 6.77. The number of carbonyl (C=O) groups is 1. The first-order valence-corrected chi connectivity index (χ1v) is 7.56. The molecule has 6 nitrogen and oxygen atoms in total. The van der Waals surface area contributed by atoms with Gasteiger partial charge in [0.05, 0.1) is 35.0 Å². The van der Waals surface area contributed by atoms with Crippen LogP contribution in [0.3, 0.4) is 0 Å². The summed E-state index contributed by atoms with van der Waals surface area (Å²) in [5, 5.41) is 13.3. The minimum atomic E-state index is -0.813. The number of aromatic nitrogens is 2. The molecule has 1 saturated heterocycles. The van der Waals surface area contributed by atoms with Crippen molar-refractivity contribution in [2.45, 2.75) is 32.4 Å². The molecule has 1 atom stereocenters. The molecular weight excluding hydrogens is 326 g/mol. The second kappa shape index (κ2) is 6.69. The van der Waals surface area contributed by atoms with Crippen molar-refractivity contribution in [1.82, 2.24) is 14.7 Å². The van der Waals surface area contributed by atoms with Crippen LogP contribution < -0.4 is 0 Å². The van der Waals surface area contributed by atoms with Gasteiger partial charge >= 0.3 is 5.97 Å². The van der Waals surface area contributed by atoms with E-state index in [1.54, 1.807) is 0 Å². The number of carboxylic acid groups (broad SMARTS) is 1. The lowest BCUT2D eigenvalue weighted by Crippen LogP contribution is -2.43. The van der Waals surface area contributed by atoms with Crippen LogP contribution in [0.5, 0.6) is 0 Å². The standard InChI is InChI=1S/C13H20BrN3O3/c1-3-10-13(14)11(16(2)15-10)8-17-4-5-20-9(7-17)6-12(18)19/h9H,3-8H2,1-2H3,(H,18,19). The van der Waals surface area contributed by atoms with Gasteiger partial charge in [0.15, 0.2) is 0 Å². The first-order chi connectivity index (χ1) is 9.51. The molecule has 1 fully saturated rings. The van der Waals surface area contributed by atoms with Crippen molar-refractivity contribution in [3.8, 4) is 0 Å². The number of aryl methyl sites for hydroxylation is 2. The number of hydrogen-bond donors (Lipinski definition) is 1. The molecule has 112 valence electrons. The highest BCUT2D eigenvalue weighted by Crippen LogP contribution is 2.23. The number of ether oxygens (including phenoxy) is 1. The van der Waals surface area contributed by atoms with Crippen LogP contribution in [0.15, 0.2) is 4.47 Å². The van der Waals surface area contributed by atoms with E-state index in [1.165, 1.54) is 0 Å². The molecule has 0 bridgehead atoms. The van der Waals surface area contributed by atoms with Crippen LogP contribution in [-0.4, -0.2) is 51.6 Å². The molecule has 0 saturated carbocycles. The maximum Gasteiger partial charge on any atom is 0.306 e. The van der Waals surface area contributed by atoms with E-state index in [0.29, 0.717) is 13.2 Å². The van der Waals surface area contributed by atoms with Crippen LogP contribution >= 0.6 is 15.9 Å². The molecule has 20 heavy (non-hydrogen) atoms. The third-order valence-electron chi connectivity index (χ3n) is 3.50. The summed E-state index contributed by atoms with van der Waals surface area (Å²) in [6.07, 6.45) is 0.724. The first kappa shape index (κ1) is 15.5. The van der Waals surface area contributed by atoms with Gasteiger partial charge in [-0.2, -0.15) is 5.10 Å². The topological polar surface area (TPSA) is 67.6 Å². The number of hydrogen-bond acceptors (Lipinski definition) is 4. The summed E-state index contributed by atoms with van der Waals surface area (Å²) in [5.41, 5.74) is 2.18. The molecular formula is C13H20BrN3O3. The molecule has 1 aromatic heterocycles. The molecule has 0 aromatic carbocycles.